The molecule has 0 fully saturated rings. The van der Waals surface area contributed by atoms with Crippen LogP contribution in [0.4, 0.5) is 0 Å². The van der Waals surface area contributed by atoms with Gasteiger partial charge >= 0.3 is 0 Å². The molecular formula is C19H25ClN4O4S. The molecule has 0 unspecified atom stereocenters. The number of benzene rings is 2. The highest BCUT2D eigenvalue weighted by Crippen LogP contribution is 2.27. The lowest BCUT2D eigenvalue weighted by Gasteiger charge is -2.14. The van der Waals surface area contributed by atoms with Crippen molar-refractivity contribution in [1.82, 2.24) is 15.4 Å². The standard InChI is InChI=1S/C19H25ClN4O4S/c1-21-19(23-13-14-7-8-17(27-2)18(11-14)28-3)22-9-10-24-29(25,26)16-6-4-5-15(20)12-16/h4-8,11-12,24H,9-10,13H2,1-3H3,(H2,21,22,23). The van der Waals surface area contributed by atoms with Gasteiger partial charge in [-0.15, -0.1) is 0 Å². The van der Waals surface area contributed by atoms with E-state index in [4.69, 9.17) is 21.1 Å². The number of nitrogens with zero attached hydrogens (tertiary/aromatic N) is 1. The third kappa shape index (κ3) is 6.81. The molecule has 0 aliphatic heterocycles. The second kappa shape index (κ2) is 10.9. The van der Waals surface area contributed by atoms with Crippen molar-refractivity contribution in [3.05, 3.63) is 53.1 Å². The van der Waals surface area contributed by atoms with Crippen LogP contribution in [0.5, 0.6) is 11.5 Å². The monoisotopic (exact) mass is 440 g/mol. The van der Waals surface area contributed by atoms with E-state index < -0.39 is 10.0 Å². The Morgan fingerprint density at radius 1 is 1.03 bits per heavy atom. The molecule has 10 heteroatoms. The Labute approximate surface area is 176 Å². The summed E-state index contributed by atoms with van der Waals surface area (Å²) in [6, 6.07) is 11.7. The van der Waals surface area contributed by atoms with Gasteiger partial charge in [-0.1, -0.05) is 23.7 Å². The summed E-state index contributed by atoms with van der Waals surface area (Å²) in [5, 5.41) is 6.58. The van der Waals surface area contributed by atoms with Crippen LogP contribution in [0.25, 0.3) is 0 Å². The molecule has 8 nitrogen and oxygen atoms in total. The second-order valence-electron chi connectivity index (χ2n) is 5.90. The number of nitrogens with one attached hydrogen (secondary N) is 3. The van der Waals surface area contributed by atoms with Gasteiger partial charge in [0.25, 0.3) is 0 Å². The molecule has 0 radical (unpaired) electrons. The van der Waals surface area contributed by atoms with Crippen molar-refractivity contribution in [2.45, 2.75) is 11.4 Å². The van der Waals surface area contributed by atoms with Gasteiger partial charge in [0, 0.05) is 31.7 Å². The first-order valence-electron chi connectivity index (χ1n) is 8.80. The van der Waals surface area contributed by atoms with E-state index in [1.165, 1.54) is 12.1 Å². The molecular weight excluding hydrogens is 416 g/mol. The molecule has 0 aliphatic rings. The molecule has 0 heterocycles. The van der Waals surface area contributed by atoms with Crippen LogP contribution in [0.1, 0.15) is 5.56 Å². The second-order valence-corrected chi connectivity index (χ2v) is 8.10. The summed E-state index contributed by atoms with van der Waals surface area (Å²) in [4.78, 5) is 4.25. The summed E-state index contributed by atoms with van der Waals surface area (Å²) < 4.78 is 37.6. The number of rotatable bonds is 9. The molecule has 0 atom stereocenters. The quantitative estimate of drug-likeness (QED) is 0.313. The van der Waals surface area contributed by atoms with E-state index in [0.29, 0.717) is 35.6 Å². The predicted molar refractivity (Wildman–Crippen MR) is 114 cm³/mol. The molecule has 0 aliphatic carbocycles. The summed E-state index contributed by atoms with van der Waals surface area (Å²) in [7, 11) is 1.19. The number of halogens is 1. The van der Waals surface area contributed by atoms with Gasteiger partial charge in [-0.3, -0.25) is 4.99 Å². The summed E-state index contributed by atoms with van der Waals surface area (Å²) in [6.45, 7) is 1.05. The van der Waals surface area contributed by atoms with Crippen LogP contribution >= 0.6 is 11.6 Å². The van der Waals surface area contributed by atoms with E-state index >= 15 is 0 Å². The lowest BCUT2D eigenvalue weighted by molar-refractivity contribution is 0.354. The van der Waals surface area contributed by atoms with Gasteiger partial charge in [0.05, 0.1) is 19.1 Å². The van der Waals surface area contributed by atoms with E-state index in [2.05, 4.69) is 20.3 Å². The minimum Gasteiger partial charge on any atom is -0.493 e. The summed E-state index contributed by atoms with van der Waals surface area (Å²) in [5.74, 6) is 1.85. The molecule has 29 heavy (non-hydrogen) atoms. The van der Waals surface area contributed by atoms with Crippen molar-refractivity contribution in [3.8, 4) is 11.5 Å². The van der Waals surface area contributed by atoms with E-state index in [-0.39, 0.29) is 11.4 Å². The maximum absolute atomic E-state index is 12.3. The first-order valence-corrected chi connectivity index (χ1v) is 10.7. The number of methoxy groups -OCH3 is 2. The van der Waals surface area contributed by atoms with E-state index in [1.54, 1.807) is 33.4 Å². The van der Waals surface area contributed by atoms with Crippen LogP contribution in [0, 0.1) is 0 Å². The van der Waals surface area contributed by atoms with Gasteiger partial charge in [0.15, 0.2) is 17.5 Å². The smallest absolute Gasteiger partial charge is 0.240 e. The third-order valence-electron chi connectivity index (χ3n) is 3.95. The summed E-state index contributed by atoms with van der Waals surface area (Å²) in [5.41, 5.74) is 0.979. The Bertz CT molecular complexity index is 951. The minimum absolute atomic E-state index is 0.126. The molecule has 3 N–H and O–H groups in total. The fourth-order valence-corrected chi connectivity index (χ4v) is 3.81. The largest absolute Gasteiger partial charge is 0.493 e. The molecule has 2 rings (SSSR count). The molecule has 0 spiro atoms. The number of hydrogen-bond donors (Lipinski definition) is 3. The SMILES string of the molecule is CN=C(NCCNS(=O)(=O)c1cccc(Cl)c1)NCc1ccc(OC)c(OC)c1. The van der Waals surface area contributed by atoms with Gasteiger partial charge in [-0.25, -0.2) is 13.1 Å². The van der Waals surface area contributed by atoms with Crippen molar-refractivity contribution < 1.29 is 17.9 Å². The lowest BCUT2D eigenvalue weighted by Crippen LogP contribution is -2.41. The van der Waals surface area contributed by atoms with Crippen molar-refractivity contribution in [2.75, 3.05) is 34.4 Å². The fourth-order valence-electron chi connectivity index (χ4n) is 2.48. The van der Waals surface area contributed by atoms with E-state index in [0.717, 1.165) is 5.56 Å². The molecule has 0 amide bonds. The molecule has 0 saturated carbocycles. The highest BCUT2D eigenvalue weighted by atomic mass is 35.5. The number of guanidine groups is 1. The van der Waals surface area contributed by atoms with E-state index in [1.807, 2.05) is 18.2 Å². The van der Waals surface area contributed by atoms with Crippen LogP contribution < -0.4 is 24.8 Å². The average molecular weight is 441 g/mol. The Kier molecular flexibility index (Phi) is 8.56. The topological polar surface area (TPSA) is 101 Å². The Hall–Kier alpha value is -2.49. The molecule has 158 valence electrons. The van der Waals surface area contributed by atoms with Gasteiger partial charge in [0.1, 0.15) is 0 Å². The highest BCUT2D eigenvalue weighted by Gasteiger charge is 2.13. The zero-order chi connectivity index (χ0) is 21.3. The molecule has 0 aromatic heterocycles. The summed E-state index contributed by atoms with van der Waals surface area (Å²) >= 11 is 5.85. The highest BCUT2D eigenvalue weighted by molar-refractivity contribution is 7.89. The maximum Gasteiger partial charge on any atom is 0.240 e. The van der Waals surface area contributed by atoms with Crippen molar-refractivity contribution >= 4 is 27.6 Å². The Balaban J connectivity index is 1.82. The molecule has 2 aromatic carbocycles. The maximum atomic E-state index is 12.3. The number of ether oxygens (including phenoxy) is 2. The van der Waals surface area contributed by atoms with E-state index in [9.17, 15) is 8.42 Å². The van der Waals surface area contributed by atoms with Crippen LogP contribution in [-0.4, -0.2) is 48.7 Å². The Morgan fingerprint density at radius 3 is 2.45 bits per heavy atom. The van der Waals surface area contributed by atoms with Gasteiger partial charge in [-0.05, 0) is 35.9 Å². The Morgan fingerprint density at radius 2 is 1.79 bits per heavy atom. The third-order valence-corrected chi connectivity index (χ3v) is 5.64. The van der Waals surface area contributed by atoms with Gasteiger partial charge in [0.2, 0.25) is 10.0 Å². The zero-order valence-electron chi connectivity index (χ0n) is 16.5. The fraction of sp³-hybridized carbons (Fsp3) is 0.316. The summed E-state index contributed by atoms with van der Waals surface area (Å²) in [6.07, 6.45) is 0. The van der Waals surface area contributed by atoms with Crippen LogP contribution in [0.2, 0.25) is 5.02 Å². The lowest BCUT2D eigenvalue weighted by atomic mass is 10.2. The number of sulfonamides is 1. The first-order chi connectivity index (χ1) is 13.9. The van der Waals surface area contributed by atoms with Crippen molar-refractivity contribution in [2.24, 2.45) is 4.99 Å². The minimum atomic E-state index is -3.62. The molecule has 0 saturated heterocycles. The average Bonchev–Trinajstić information content (AvgIpc) is 2.73. The van der Waals surface area contributed by atoms with Crippen LogP contribution in [0.3, 0.4) is 0 Å². The number of hydrogen-bond acceptors (Lipinski definition) is 5. The van der Waals surface area contributed by atoms with Crippen LogP contribution in [-0.2, 0) is 16.6 Å². The number of aliphatic imine (C=N–C) groups is 1. The molecule has 0 bridgehead atoms. The normalized spacial score (nSPS) is 11.8. The zero-order valence-corrected chi connectivity index (χ0v) is 18.1. The predicted octanol–water partition coefficient (Wildman–Crippen LogP) is 2.00. The first kappa shape index (κ1) is 22.8. The van der Waals surface area contributed by atoms with Crippen LogP contribution in [0.15, 0.2) is 52.4 Å². The van der Waals surface area contributed by atoms with Crippen molar-refractivity contribution in [1.29, 1.82) is 0 Å². The van der Waals surface area contributed by atoms with Crippen molar-refractivity contribution in [3.63, 3.8) is 0 Å². The van der Waals surface area contributed by atoms with Gasteiger partial charge in [-0.2, -0.15) is 0 Å². The molecule has 2 aromatic rings. The van der Waals surface area contributed by atoms with Gasteiger partial charge < -0.3 is 20.1 Å².